The number of likely N-dealkylation sites (tertiary alicyclic amines) is 1. The van der Waals surface area contributed by atoms with Gasteiger partial charge >= 0.3 is 0 Å². The van der Waals surface area contributed by atoms with E-state index in [0.717, 1.165) is 12.8 Å². The molecule has 1 saturated heterocycles. The van der Waals surface area contributed by atoms with Gasteiger partial charge in [0.25, 0.3) is 5.91 Å². The van der Waals surface area contributed by atoms with Crippen LogP contribution in [0.4, 0.5) is 4.39 Å². The number of halogens is 1. The van der Waals surface area contributed by atoms with Crippen molar-refractivity contribution in [3.05, 3.63) is 47.5 Å². The molecule has 1 aliphatic rings. The largest absolute Gasteiger partial charge is 0.391 e. The highest BCUT2D eigenvalue weighted by atomic mass is 19.1. The Morgan fingerprint density at radius 1 is 1.41 bits per heavy atom. The molecule has 6 heteroatoms. The predicted octanol–water partition coefficient (Wildman–Crippen LogP) is 1.92. The number of aromatic nitrogens is 2. The van der Waals surface area contributed by atoms with Crippen molar-refractivity contribution in [2.45, 2.75) is 25.9 Å². The van der Waals surface area contributed by atoms with E-state index in [9.17, 15) is 14.3 Å². The molecule has 1 fully saturated rings. The van der Waals surface area contributed by atoms with Gasteiger partial charge in [0.15, 0.2) is 0 Å². The zero-order chi connectivity index (χ0) is 15.7. The highest BCUT2D eigenvalue weighted by molar-refractivity contribution is 5.95. The maximum Gasteiger partial charge on any atom is 0.257 e. The van der Waals surface area contributed by atoms with E-state index in [2.05, 4.69) is 5.10 Å². The Kier molecular flexibility index (Phi) is 3.94. The quantitative estimate of drug-likeness (QED) is 0.922. The van der Waals surface area contributed by atoms with Gasteiger partial charge in [0.2, 0.25) is 0 Å². The molecule has 0 saturated carbocycles. The fourth-order valence-corrected chi connectivity index (χ4v) is 2.80. The number of rotatable bonds is 2. The summed E-state index contributed by atoms with van der Waals surface area (Å²) in [6, 6.07) is 6.31. The lowest BCUT2D eigenvalue weighted by molar-refractivity contribution is 0.0473. The van der Waals surface area contributed by atoms with Crippen molar-refractivity contribution >= 4 is 5.91 Å². The monoisotopic (exact) mass is 303 g/mol. The van der Waals surface area contributed by atoms with Crippen LogP contribution < -0.4 is 0 Å². The van der Waals surface area contributed by atoms with Crippen LogP contribution in [-0.2, 0) is 0 Å². The molecule has 0 aliphatic carbocycles. The zero-order valence-corrected chi connectivity index (χ0v) is 12.4. The van der Waals surface area contributed by atoms with Crippen LogP contribution in [0.25, 0.3) is 5.69 Å². The molecular weight excluding hydrogens is 285 g/mol. The fourth-order valence-electron chi connectivity index (χ4n) is 2.80. The molecule has 1 amide bonds. The Bertz CT molecular complexity index is 698. The second-order valence-electron chi connectivity index (χ2n) is 5.55. The van der Waals surface area contributed by atoms with Gasteiger partial charge in [-0.2, -0.15) is 5.10 Å². The molecular formula is C16H18FN3O2. The van der Waals surface area contributed by atoms with Gasteiger partial charge in [-0.25, -0.2) is 9.07 Å². The van der Waals surface area contributed by atoms with Gasteiger partial charge < -0.3 is 10.0 Å². The summed E-state index contributed by atoms with van der Waals surface area (Å²) in [6.07, 6.45) is 2.50. The van der Waals surface area contributed by atoms with Crippen LogP contribution in [-0.4, -0.2) is 44.9 Å². The Morgan fingerprint density at radius 2 is 2.18 bits per heavy atom. The number of aliphatic hydroxyl groups is 1. The van der Waals surface area contributed by atoms with Gasteiger partial charge in [-0.1, -0.05) is 12.1 Å². The average Bonchev–Trinajstić information content (AvgIpc) is 2.88. The minimum Gasteiger partial charge on any atom is -0.391 e. The SMILES string of the molecule is Cc1c(C(=O)N2CCCC(O)C2)cnn1-c1ccccc1F. The molecule has 0 bridgehead atoms. The summed E-state index contributed by atoms with van der Waals surface area (Å²) in [5.74, 6) is -0.556. The van der Waals surface area contributed by atoms with Crippen LogP contribution in [0, 0.1) is 12.7 Å². The van der Waals surface area contributed by atoms with Crippen LogP contribution in [0.2, 0.25) is 0 Å². The van der Waals surface area contributed by atoms with Gasteiger partial charge in [0, 0.05) is 13.1 Å². The smallest absolute Gasteiger partial charge is 0.257 e. The molecule has 1 unspecified atom stereocenters. The molecule has 5 nitrogen and oxygen atoms in total. The number of benzene rings is 1. The Labute approximate surface area is 128 Å². The lowest BCUT2D eigenvalue weighted by Gasteiger charge is -2.30. The topological polar surface area (TPSA) is 58.4 Å². The van der Waals surface area contributed by atoms with E-state index in [-0.39, 0.29) is 11.7 Å². The lowest BCUT2D eigenvalue weighted by atomic mass is 10.1. The fraction of sp³-hybridized carbons (Fsp3) is 0.375. The van der Waals surface area contributed by atoms with E-state index < -0.39 is 6.10 Å². The summed E-state index contributed by atoms with van der Waals surface area (Å²) in [7, 11) is 0. The molecule has 3 rings (SSSR count). The van der Waals surface area contributed by atoms with Gasteiger partial charge in [-0.05, 0) is 31.9 Å². The number of hydrogen-bond acceptors (Lipinski definition) is 3. The molecule has 1 aromatic heterocycles. The summed E-state index contributed by atoms with van der Waals surface area (Å²) in [5.41, 5.74) is 1.35. The van der Waals surface area contributed by atoms with Crippen molar-refractivity contribution in [3.63, 3.8) is 0 Å². The number of para-hydroxylation sites is 1. The first-order chi connectivity index (χ1) is 10.6. The number of β-amino-alcohol motifs (C(OH)–C–C–N with tert-alkyl or cyclic N) is 1. The molecule has 1 aromatic carbocycles. The molecule has 2 heterocycles. The molecule has 0 spiro atoms. The number of aliphatic hydroxyl groups excluding tert-OH is 1. The van der Waals surface area contributed by atoms with Crippen molar-refractivity contribution in [1.29, 1.82) is 0 Å². The van der Waals surface area contributed by atoms with Crippen molar-refractivity contribution in [1.82, 2.24) is 14.7 Å². The number of carbonyl (C=O) groups excluding carboxylic acids is 1. The molecule has 22 heavy (non-hydrogen) atoms. The van der Waals surface area contributed by atoms with Gasteiger partial charge in [-0.3, -0.25) is 4.79 Å². The molecule has 116 valence electrons. The molecule has 1 N–H and O–H groups in total. The third kappa shape index (κ3) is 2.62. The van der Waals surface area contributed by atoms with Crippen LogP contribution in [0.1, 0.15) is 28.9 Å². The van der Waals surface area contributed by atoms with Crippen molar-refractivity contribution in [3.8, 4) is 5.69 Å². The standard InChI is InChI=1S/C16H18FN3O2/c1-11-13(16(22)19-8-4-5-12(21)10-19)9-18-20(11)15-7-3-2-6-14(15)17/h2-3,6-7,9,12,21H,4-5,8,10H2,1H3. The summed E-state index contributed by atoms with van der Waals surface area (Å²) in [5, 5.41) is 13.8. The molecule has 0 radical (unpaired) electrons. The van der Waals surface area contributed by atoms with E-state index >= 15 is 0 Å². The predicted molar refractivity (Wildman–Crippen MR) is 79.4 cm³/mol. The normalized spacial score (nSPS) is 18.5. The van der Waals surface area contributed by atoms with E-state index in [1.165, 1.54) is 16.9 Å². The first kappa shape index (κ1) is 14.7. The van der Waals surface area contributed by atoms with E-state index in [1.54, 1.807) is 30.0 Å². The van der Waals surface area contributed by atoms with Crippen LogP contribution in [0.3, 0.4) is 0 Å². The highest BCUT2D eigenvalue weighted by Gasteiger charge is 2.26. The zero-order valence-electron chi connectivity index (χ0n) is 12.4. The van der Waals surface area contributed by atoms with Gasteiger partial charge in [0.1, 0.15) is 11.5 Å². The van der Waals surface area contributed by atoms with E-state index in [0.29, 0.717) is 30.0 Å². The lowest BCUT2D eigenvalue weighted by Crippen LogP contribution is -2.42. The van der Waals surface area contributed by atoms with Crippen molar-refractivity contribution < 1.29 is 14.3 Å². The Balaban J connectivity index is 1.90. The number of piperidine rings is 1. The minimum atomic E-state index is -0.473. The first-order valence-electron chi connectivity index (χ1n) is 7.35. The Hall–Kier alpha value is -2.21. The molecule has 2 aromatic rings. The maximum absolute atomic E-state index is 13.9. The third-order valence-corrected chi connectivity index (χ3v) is 4.00. The van der Waals surface area contributed by atoms with Crippen LogP contribution in [0.15, 0.2) is 30.5 Å². The maximum atomic E-state index is 13.9. The summed E-state index contributed by atoms with van der Waals surface area (Å²) >= 11 is 0. The van der Waals surface area contributed by atoms with Crippen LogP contribution in [0.5, 0.6) is 0 Å². The summed E-state index contributed by atoms with van der Waals surface area (Å²) in [6.45, 7) is 2.70. The Morgan fingerprint density at radius 3 is 2.91 bits per heavy atom. The second kappa shape index (κ2) is 5.88. The minimum absolute atomic E-state index is 0.168. The number of carbonyl (C=O) groups is 1. The van der Waals surface area contributed by atoms with Crippen LogP contribution >= 0.6 is 0 Å². The van der Waals surface area contributed by atoms with Crippen molar-refractivity contribution in [2.24, 2.45) is 0 Å². The van der Waals surface area contributed by atoms with E-state index in [4.69, 9.17) is 0 Å². The number of hydrogen-bond donors (Lipinski definition) is 1. The molecule has 1 atom stereocenters. The summed E-state index contributed by atoms with van der Waals surface area (Å²) in [4.78, 5) is 14.2. The highest BCUT2D eigenvalue weighted by Crippen LogP contribution is 2.20. The second-order valence-corrected chi connectivity index (χ2v) is 5.55. The van der Waals surface area contributed by atoms with Crippen molar-refractivity contribution in [2.75, 3.05) is 13.1 Å². The molecule has 1 aliphatic heterocycles. The first-order valence-corrected chi connectivity index (χ1v) is 7.35. The van der Waals surface area contributed by atoms with Gasteiger partial charge in [0.05, 0.1) is 23.6 Å². The third-order valence-electron chi connectivity index (χ3n) is 4.00. The number of nitrogens with zero attached hydrogens (tertiary/aromatic N) is 3. The summed E-state index contributed by atoms with van der Waals surface area (Å²) < 4.78 is 15.3. The van der Waals surface area contributed by atoms with Gasteiger partial charge in [-0.15, -0.1) is 0 Å². The average molecular weight is 303 g/mol. The number of amides is 1. The van der Waals surface area contributed by atoms with E-state index in [1.807, 2.05) is 0 Å².